The second-order valence-corrected chi connectivity index (χ2v) is 2.53. The van der Waals surface area contributed by atoms with Crippen LogP contribution in [0.2, 0.25) is 0 Å². The van der Waals surface area contributed by atoms with E-state index in [-0.39, 0.29) is 17.3 Å². The summed E-state index contributed by atoms with van der Waals surface area (Å²) in [4.78, 5) is 10.7. The Morgan fingerprint density at radius 3 is 2.25 bits per heavy atom. The molecule has 1 atom stereocenters. The van der Waals surface area contributed by atoms with Crippen molar-refractivity contribution in [2.75, 3.05) is 0 Å². The molecule has 12 heavy (non-hydrogen) atoms. The van der Waals surface area contributed by atoms with Crippen molar-refractivity contribution in [2.24, 2.45) is 5.73 Å². The molecule has 1 aromatic carbocycles. The summed E-state index contributed by atoms with van der Waals surface area (Å²) in [5.74, 6) is -0.465. The van der Waals surface area contributed by atoms with Crippen LogP contribution in [0.3, 0.4) is 0 Å². The lowest BCUT2D eigenvalue weighted by Crippen LogP contribution is -2.18. The Bertz CT molecular complexity index is 246. The highest BCUT2D eigenvalue weighted by Gasteiger charge is 2.09. The molecule has 3 nitrogen and oxygen atoms in total. The topological polar surface area (TPSA) is 74.6 Å². The number of hydrogen-bond donors (Lipinski definition) is 1. The largest absolute Gasteiger partial charge is 0.412 e. The van der Waals surface area contributed by atoms with Crippen molar-refractivity contribution < 1.29 is 10.3 Å². The van der Waals surface area contributed by atoms with Gasteiger partial charge in [0.2, 0.25) is 5.91 Å². The van der Waals surface area contributed by atoms with Crippen LogP contribution in [0.4, 0.5) is 0 Å². The van der Waals surface area contributed by atoms with Gasteiger partial charge in [-0.1, -0.05) is 30.3 Å². The fourth-order valence-corrected chi connectivity index (χ4v) is 0.906. The van der Waals surface area contributed by atoms with Crippen molar-refractivity contribution in [3.63, 3.8) is 0 Å². The Kier molecular flexibility index (Phi) is 4.00. The average Bonchev–Trinajstić information content (AvgIpc) is 2.05. The minimum Gasteiger partial charge on any atom is -0.412 e. The zero-order valence-corrected chi connectivity index (χ0v) is 6.95. The molecule has 1 amide bonds. The maximum Gasteiger partial charge on any atom is 0.224 e. The summed E-state index contributed by atoms with van der Waals surface area (Å²) in [6, 6.07) is 9.51. The Balaban J connectivity index is 0.00000121. The third kappa shape index (κ3) is 2.36. The van der Waals surface area contributed by atoms with Crippen LogP contribution in [0.1, 0.15) is 18.4 Å². The normalized spacial score (nSPS) is 11.4. The van der Waals surface area contributed by atoms with Gasteiger partial charge >= 0.3 is 0 Å². The zero-order valence-electron chi connectivity index (χ0n) is 6.95. The van der Waals surface area contributed by atoms with E-state index in [4.69, 9.17) is 5.73 Å². The summed E-state index contributed by atoms with van der Waals surface area (Å²) in [5.41, 5.74) is 6.10. The number of rotatable bonds is 2. The molecule has 1 unspecified atom stereocenters. The van der Waals surface area contributed by atoms with E-state index in [9.17, 15) is 4.79 Å². The molecule has 3 heteroatoms. The molecule has 0 spiro atoms. The number of benzene rings is 1. The fourth-order valence-electron chi connectivity index (χ4n) is 0.906. The Hall–Kier alpha value is -1.35. The van der Waals surface area contributed by atoms with E-state index < -0.39 is 0 Å². The summed E-state index contributed by atoms with van der Waals surface area (Å²) in [6.07, 6.45) is 0. The SMILES string of the molecule is CC(C(N)=O)c1ccccc1.O. The summed E-state index contributed by atoms with van der Waals surface area (Å²) >= 11 is 0. The van der Waals surface area contributed by atoms with Gasteiger partial charge in [-0.05, 0) is 12.5 Å². The van der Waals surface area contributed by atoms with Crippen molar-refractivity contribution in [3.05, 3.63) is 35.9 Å². The minimum atomic E-state index is -0.281. The van der Waals surface area contributed by atoms with Crippen LogP contribution in [0.5, 0.6) is 0 Å². The molecular weight excluding hydrogens is 154 g/mol. The highest BCUT2D eigenvalue weighted by atomic mass is 16.1. The highest BCUT2D eigenvalue weighted by Crippen LogP contribution is 2.12. The van der Waals surface area contributed by atoms with Gasteiger partial charge in [-0.3, -0.25) is 4.79 Å². The first-order valence-electron chi connectivity index (χ1n) is 3.56. The van der Waals surface area contributed by atoms with Crippen molar-refractivity contribution in [2.45, 2.75) is 12.8 Å². The number of carbonyl (C=O) groups excluding carboxylic acids is 1. The highest BCUT2D eigenvalue weighted by molar-refractivity contribution is 5.81. The van der Waals surface area contributed by atoms with E-state index in [1.807, 2.05) is 30.3 Å². The molecule has 4 N–H and O–H groups in total. The van der Waals surface area contributed by atoms with Gasteiger partial charge in [-0.2, -0.15) is 0 Å². The van der Waals surface area contributed by atoms with Gasteiger partial charge < -0.3 is 11.2 Å². The van der Waals surface area contributed by atoms with Crippen molar-refractivity contribution in [1.82, 2.24) is 0 Å². The van der Waals surface area contributed by atoms with Crippen LogP contribution in [0.15, 0.2) is 30.3 Å². The Morgan fingerprint density at radius 2 is 1.83 bits per heavy atom. The van der Waals surface area contributed by atoms with E-state index >= 15 is 0 Å². The van der Waals surface area contributed by atoms with Crippen LogP contribution < -0.4 is 5.73 Å². The third-order valence-corrected chi connectivity index (χ3v) is 1.73. The molecule has 0 aromatic heterocycles. The molecular formula is C9H13NO2. The first kappa shape index (κ1) is 10.7. The molecule has 0 bridgehead atoms. The Morgan fingerprint density at radius 1 is 1.33 bits per heavy atom. The van der Waals surface area contributed by atoms with E-state index in [1.165, 1.54) is 0 Å². The van der Waals surface area contributed by atoms with Gasteiger partial charge in [0.05, 0.1) is 5.92 Å². The number of hydrogen-bond acceptors (Lipinski definition) is 1. The van der Waals surface area contributed by atoms with Crippen LogP contribution in [0.25, 0.3) is 0 Å². The van der Waals surface area contributed by atoms with Gasteiger partial charge in [0.25, 0.3) is 0 Å². The molecule has 0 fully saturated rings. The standard InChI is InChI=1S/C9H11NO.H2O/c1-7(9(10)11)8-5-3-2-4-6-8;/h2-7H,1H3,(H2,10,11);1H2. The zero-order chi connectivity index (χ0) is 8.27. The van der Waals surface area contributed by atoms with Crippen molar-refractivity contribution in [3.8, 4) is 0 Å². The van der Waals surface area contributed by atoms with Crippen LogP contribution in [-0.4, -0.2) is 11.4 Å². The predicted octanol–water partition coefficient (Wildman–Crippen LogP) is 0.451. The van der Waals surface area contributed by atoms with Crippen LogP contribution >= 0.6 is 0 Å². The van der Waals surface area contributed by atoms with E-state index in [1.54, 1.807) is 6.92 Å². The molecule has 0 heterocycles. The lowest BCUT2D eigenvalue weighted by Gasteiger charge is -2.05. The molecule has 1 aromatic rings. The number of primary amides is 1. The lowest BCUT2D eigenvalue weighted by molar-refractivity contribution is -0.119. The third-order valence-electron chi connectivity index (χ3n) is 1.73. The van der Waals surface area contributed by atoms with E-state index in [2.05, 4.69) is 0 Å². The molecule has 66 valence electrons. The minimum absolute atomic E-state index is 0. The number of nitrogens with two attached hydrogens (primary N) is 1. The quantitative estimate of drug-likeness (QED) is 0.682. The molecule has 1 rings (SSSR count). The van der Waals surface area contributed by atoms with Crippen molar-refractivity contribution >= 4 is 5.91 Å². The number of amides is 1. The lowest BCUT2D eigenvalue weighted by atomic mass is 10.0. The molecule has 0 aliphatic rings. The second-order valence-electron chi connectivity index (χ2n) is 2.53. The van der Waals surface area contributed by atoms with Crippen LogP contribution in [0, 0.1) is 0 Å². The van der Waals surface area contributed by atoms with Crippen LogP contribution in [-0.2, 0) is 4.79 Å². The predicted molar refractivity (Wildman–Crippen MR) is 47.7 cm³/mol. The summed E-state index contributed by atoms with van der Waals surface area (Å²) in [7, 11) is 0. The van der Waals surface area contributed by atoms with Gasteiger partial charge in [0.15, 0.2) is 0 Å². The van der Waals surface area contributed by atoms with Crippen molar-refractivity contribution in [1.29, 1.82) is 0 Å². The molecule has 0 saturated carbocycles. The molecule has 0 aliphatic heterocycles. The summed E-state index contributed by atoms with van der Waals surface area (Å²) in [6.45, 7) is 1.80. The maximum atomic E-state index is 10.7. The van der Waals surface area contributed by atoms with Gasteiger partial charge in [0, 0.05) is 0 Å². The number of carbonyl (C=O) groups is 1. The maximum absolute atomic E-state index is 10.7. The Labute approximate surface area is 71.5 Å². The van der Waals surface area contributed by atoms with Gasteiger partial charge in [0.1, 0.15) is 0 Å². The molecule has 0 saturated heterocycles. The summed E-state index contributed by atoms with van der Waals surface area (Å²) in [5, 5.41) is 0. The summed E-state index contributed by atoms with van der Waals surface area (Å²) < 4.78 is 0. The molecule has 0 radical (unpaired) electrons. The molecule has 0 aliphatic carbocycles. The first-order chi connectivity index (χ1) is 5.22. The smallest absolute Gasteiger partial charge is 0.224 e. The fraction of sp³-hybridized carbons (Fsp3) is 0.222. The van der Waals surface area contributed by atoms with E-state index in [0.29, 0.717) is 0 Å². The monoisotopic (exact) mass is 167 g/mol. The van der Waals surface area contributed by atoms with Gasteiger partial charge in [-0.25, -0.2) is 0 Å². The van der Waals surface area contributed by atoms with Gasteiger partial charge in [-0.15, -0.1) is 0 Å². The first-order valence-corrected chi connectivity index (χ1v) is 3.56. The second kappa shape index (κ2) is 4.51. The van der Waals surface area contributed by atoms with E-state index in [0.717, 1.165) is 5.56 Å². The average molecular weight is 167 g/mol.